The molecule has 0 aliphatic carbocycles. The SMILES string of the molecule is CC1=NCc2ccc(NC(=O)Nc3ccccc3Cl)cc21. The second kappa shape index (κ2) is 5.58. The quantitative estimate of drug-likeness (QED) is 0.853. The molecule has 0 unspecified atom stereocenters. The molecule has 0 bridgehead atoms. The lowest BCUT2D eigenvalue weighted by molar-refractivity contribution is 0.262. The van der Waals surface area contributed by atoms with Crippen LogP contribution in [0.5, 0.6) is 0 Å². The number of fused-ring (bicyclic) bond motifs is 1. The van der Waals surface area contributed by atoms with Gasteiger partial charge in [-0.1, -0.05) is 29.8 Å². The molecule has 0 atom stereocenters. The van der Waals surface area contributed by atoms with E-state index in [1.165, 1.54) is 5.56 Å². The summed E-state index contributed by atoms with van der Waals surface area (Å²) >= 11 is 6.01. The van der Waals surface area contributed by atoms with E-state index in [9.17, 15) is 4.79 Å². The van der Waals surface area contributed by atoms with Crippen molar-refractivity contribution in [2.75, 3.05) is 10.6 Å². The first-order valence-corrected chi connectivity index (χ1v) is 6.98. The van der Waals surface area contributed by atoms with E-state index < -0.39 is 0 Å². The number of rotatable bonds is 2. The van der Waals surface area contributed by atoms with Gasteiger partial charge >= 0.3 is 6.03 Å². The summed E-state index contributed by atoms with van der Waals surface area (Å²) in [5.74, 6) is 0. The van der Waals surface area contributed by atoms with Crippen LogP contribution in [-0.4, -0.2) is 11.7 Å². The third-order valence-corrected chi connectivity index (χ3v) is 3.70. The number of carbonyl (C=O) groups is 1. The number of urea groups is 1. The zero-order valence-electron chi connectivity index (χ0n) is 11.5. The topological polar surface area (TPSA) is 53.5 Å². The number of halogens is 1. The van der Waals surface area contributed by atoms with Crippen LogP contribution in [0.3, 0.4) is 0 Å². The minimum Gasteiger partial charge on any atom is -0.308 e. The molecule has 1 aliphatic rings. The van der Waals surface area contributed by atoms with Gasteiger partial charge in [0, 0.05) is 17.0 Å². The maximum atomic E-state index is 12.0. The molecule has 2 N–H and O–H groups in total. The standard InChI is InChI=1S/C16H14ClN3O/c1-10-13-8-12(7-6-11(13)9-18-10)19-16(21)20-15-5-3-2-4-14(15)17/h2-8H,9H2,1H3,(H2,19,20,21). The van der Waals surface area contributed by atoms with Crippen molar-refractivity contribution in [2.45, 2.75) is 13.5 Å². The predicted octanol–water partition coefficient (Wildman–Crippen LogP) is 4.31. The number of para-hydroxylation sites is 1. The summed E-state index contributed by atoms with van der Waals surface area (Å²) in [6.07, 6.45) is 0. The fourth-order valence-electron chi connectivity index (χ4n) is 2.27. The first-order chi connectivity index (χ1) is 10.1. The van der Waals surface area contributed by atoms with Crippen molar-refractivity contribution < 1.29 is 4.79 Å². The molecule has 0 fully saturated rings. The Morgan fingerprint density at radius 3 is 2.81 bits per heavy atom. The number of aliphatic imine (C=N–C) groups is 1. The molecule has 1 aliphatic heterocycles. The minimum absolute atomic E-state index is 0.323. The number of nitrogens with zero attached hydrogens (tertiary/aromatic N) is 1. The molecule has 5 heteroatoms. The molecule has 0 saturated heterocycles. The summed E-state index contributed by atoms with van der Waals surface area (Å²) in [4.78, 5) is 16.4. The number of nitrogens with one attached hydrogen (secondary N) is 2. The molecular weight excluding hydrogens is 286 g/mol. The highest BCUT2D eigenvalue weighted by atomic mass is 35.5. The predicted molar refractivity (Wildman–Crippen MR) is 86.5 cm³/mol. The first-order valence-electron chi connectivity index (χ1n) is 6.60. The number of hydrogen-bond acceptors (Lipinski definition) is 2. The van der Waals surface area contributed by atoms with Crippen molar-refractivity contribution in [1.82, 2.24) is 0 Å². The highest BCUT2D eigenvalue weighted by molar-refractivity contribution is 6.33. The molecule has 2 aromatic rings. The Hall–Kier alpha value is -2.33. The van der Waals surface area contributed by atoms with E-state index in [0.29, 0.717) is 17.3 Å². The summed E-state index contributed by atoms with van der Waals surface area (Å²) in [6.45, 7) is 2.69. The van der Waals surface area contributed by atoms with Gasteiger partial charge in [0.1, 0.15) is 0 Å². The zero-order chi connectivity index (χ0) is 14.8. The molecule has 106 valence electrons. The van der Waals surface area contributed by atoms with Gasteiger partial charge in [0.25, 0.3) is 0 Å². The number of amides is 2. The minimum atomic E-state index is -0.323. The molecule has 0 radical (unpaired) electrons. The van der Waals surface area contributed by atoms with Crippen LogP contribution in [0.15, 0.2) is 47.5 Å². The zero-order valence-corrected chi connectivity index (χ0v) is 12.2. The number of carbonyl (C=O) groups excluding carboxylic acids is 1. The number of anilines is 2. The smallest absolute Gasteiger partial charge is 0.308 e. The van der Waals surface area contributed by atoms with Crippen LogP contribution in [0.4, 0.5) is 16.2 Å². The van der Waals surface area contributed by atoms with Gasteiger partial charge in [-0.15, -0.1) is 0 Å². The van der Waals surface area contributed by atoms with Gasteiger partial charge in [-0.05, 0) is 36.8 Å². The van der Waals surface area contributed by atoms with Crippen LogP contribution in [0, 0.1) is 0 Å². The van der Waals surface area contributed by atoms with E-state index in [1.54, 1.807) is 12.1 Å². The summed E-state index contributed by atoms with van der Waals surface area (Å²) in [5.41, 5.74) is 4.58. The van der Waals surface area contributed by atoms with Gasteiger partial charge in [0.2, 0.25) is 0 Å². The Balaban J connectivity index is 1.72. The monoisotopic (exact) mass is 299 g/mol. The van der Waals surface area contributed by atoms with Gasteiger partial charge in [-0.3, -0.25) is 4.99 Å². The molecule has 3 rings (SSSR count). The van der Waals surface area contributed by atoms with E-state index in [4.69, 9.17) is 11.6 Å². The van der Waals surface area contributed by atoms with Crippen LogP contribution in [-0.2, 0) is 6.54 Å². The highest BCUT2D eigenvalue weighted by Crippen LogP contribution is 2.24. The lowest BCUT2D eigenvalue weighted by atomic mass is 10.1. The summed E-state index contributed by atoms with van der Waals surface area (Å²) in [5, 5.41) is 6.03. The fraction of sp³-hybridized carbons (Fsp3) is 0.125. The normalized spacial score (nSPS) is 12.6. The van der Waals surface area contributed by atoms with E-state index in [2.05, 4.69) is 15.6 Å². The van der Waals surface area contributed by atoms with E-state index in [1.807, 2.05) is 37.3 Å². The lowest BCUT2D eigenvalue weighted by Crippen LogP contribution is -2.19. The maximum Gasteiger partial charge on any atom is 0.323 e. The van der Waals surface area contributed by atoms with E-state index in [0.717, 1.165) is 17.0 Å². The van der Waals surface area contributed by atoms with Crippen LogP contribution in [0.2, 0.25) is 5.02 Å². The highest BCUT2D eigenvalue weighted by Gasteiger charge is 2.13. The van der Waals surface area contributed by atoms with Gasteiger partial charge < -0.3 is 10.6 Å². The molecule has 1 heterocycles. The number of hydrogen-bond donors (Lipinski definition) is 2. The average Bonchev–Trinajstić information content (AvgIpc) is 2.83. The van der Waals surface area contributed by atoms with Crippen LogP contribution in [0.1, 0.15) is 18.1 Å². The Bertz CT molecular complexity index is 740. The maximum absolute atomic E-state index is 12.0. The van der Waals surface area contributed by atoms with Crippen LogP contribution < -0.4 is 10.6 Å². The van der Waals surface area contributed by atoms with Crippen molar-refractivity contribution in [1.29, 1.82) is 0 Å². The molecule has 2 aromatic carbocycles. The molecular formula is C16H14ClN3O. The van der Waals surface area contributed by atoms with Gasteiger partial charge in [0.15, 0.2) is 0 Å². The van der Waals surface area contributed by atoms with Crippen LogP contribution in [0.25, 0.3) is 0 Å². The van der Waals surface area contributed by atoms with Crippen LogP contribution >= 0.6 is 11.6 Å². The van der Waals surface area contributed by atoms with Crippen molar-refractivity contribution in [2.24, 2.45) is 4.99 Å². The summed E-state index contributed by atoms with van der Waals surface area (Å²) in [7, 11) is 0. The second-order valence-corrected chi connectivity index (χ2v) is 5.24. The van der Waals surface area contributed by atoms with Gasteiger partial charge in [0.05, 0.1) is 17.3 Å². The lowest BCUT2D eigenvalue weighted by Gasteiger charge is -2.10. The average molecular weight is 300 g/mol. The van der Waals surface area contributed by atoms with Crippen molar-refractivity contribution in [3.63, 3.8) is 0 Å². The molecule has 0 aromatic heterocycles. The Morgan fingerprint density at radius 1 is 1.19 bits per heavy atom. The van der Waals surface area contributed by atoms with Gasteiger partial charge in [-0.2, -0.15) is 0 Å². The van der Waals surface area contributed by atoms with E-state index in [-0.39, 0.29) is 6.03 Å². The Kier molecular flexibility index (Phi) is 3.62. The first kappa shape index (κ1) is 13.6. The molecule has 0 spiro atoms. The molecule has 4 nitrogen and oxygen atoms in total. The Labute approximate surface area is 127 Å². The Morgan fingerprint density at radius 2 is 2.00 bits per heavy atom. The third-order valence-electron chi connectivity index (χ3n) is 3.37. The van der Waals surface area contributed by atoms with Gasteiger partial charge in [-0.25, -0.2) is 4.79 Å². The second-order valence-electron chi connectivity index (χ2n) is 4.83. The van der Waals surface area contributed by atoms with Crippen molar-refractivity contribution in [3.8, 4) is 0 Å². The van der Waals surface area contributed by atoms with Crippen molar-refractivity contribution >= 4 is 34.7 Å². The van der Waals surface area contributed by atoms with Crippen molar-refractivity contribution in [3.05, 3.63) is 58.6 Å². The third kappa shape index (κ3) is 2.90. The summed E-state index contributed by atoms with van der Waals surface area (Å²) in [6, 6.07) is 12.6. The summed E-state index contributed by atoms with van der Waals surface area (Å²) < 4.78 is 0. The molecule has 0 saturated carbocycles. The molecule has 2 amide bonds. The van der Waals surface area contributed by atoms with E-state index >= 15 is 0 Å². The largest absolute Gasteiger partial charge is 0.323 e. The fourth-order valence-corrected chi connectivity index (χ4v) is 2.45. The molecule has 21 heavy (non-hydrogen) atoms. The number of benzene rings is 2.